The number of anilines is 1. The van der Waals surface area contributed by atoms with Crippen LogP contribution in [0.2, 0.25) is 0 Å². The molecular weight excluding hydrogens is 578 g/mol. The number of carbonyl (C=O) groups is 3. The number of ether oxygens (including phenoxy) is 3. The highest BCUT2D eigenvalue weighted by molar-refractivity contribution is 6.11. The Balaban J connectivity index is 1.54. The van der Waals surface area contributed by atoms with Crippen molar-refractivity contribution >= 4 is 41.1 Å². The van der Waals surface area contributed by atoms with Gasteiger partial charge in [-0.15, -0.1) is 0 Å². The fraction of sp³-hybridized carbons (Fsp3) is 0.0882. The summed E-state index contributed by atoms with van der Waals surface area (Å²) in [6, 6.07) is 23.5. The summed E-state index contributed by atoms with van der Waals surface area (Å²) in [5, 5.41) is 16.8. The standard InChI is InChI=1S/C34H29N3O8/c1-43-30-21-32(45-3)31(44-2)20-25(30)15-18-29(38)22-13-16-26(17-14-22)35-34(40)27(36-33(39)23-9-5-4-6-10-23)19-24-11-7-8-12-28(24)37(41)42/h4-21H,1-3H3,(H,35,40)(H,36,39)/b18-15+,27-19-. The third-order valence-corrected chi connectivity index (χ3v) is 6.54. The van der Waals surface area contributed by atoms with E-state index in [1.165, 1.54) is 75.9 Å². The van der Waals surface area contributed by atoms with Gasteiger partial charge in [0.25, 0.3) is 17.5 Å². The molecule has 2 N–H and O–H groups in total. The Bertz CT molecular complexity index is 1780. The molecule has 0 aliphatic heterocycles. The normalized spacial score (nSPS) is 11.0. The fourth-order valence-corrected chi connectivity index (χ4v) is 4.23. The molecule has 11 heteroatoms. The molecule has 0 atom stereocenters. The first-order chi connectivity index (χ1) is 21.7. The summed E-state index contributed by atoms with van der Waals surface area (Å²) in [6.45, 7) is 0. The minimum atomic E-state index is -0.725. The lowest BCUT2D eigenvalue weighted by molar-refractivity contribution is -0.385. The predicted octanol–water partition coefficient (Wildman–Crippen LogP) is 5.93. The maximum Gasteiger partial charge on any atom is 0.276 e. The van der Waals surface area contributed by atoms with E-state index < -0.39 is 16.7 Å². The Morgan fingerprint density at radius 1 is 0.733 bits per heavy atom. The van der Waals surface area contributed by atoms with E-state index in [0.29, 0.717) is 39.6 Å². The number of nitro groups is 1. The lowest BCUT2D eigenvalue weighted by atomic mass is 10.1. The van der Waals surface area contributed by atoms with Crippen LogP contribution >= 0.6 is 0 Å². The molecule has 0 fully saturated rings. The number of amides is 2. The van der Waals surface area contributed by atoms with Gasteiger partial charge in [-0.2, -0.15) is 0 Å². The molecule has 45 heavy (non-hydrogen) atoms. The lowest BCUT2D eigenvalue weighted by Crippen LogP contribution is -2.30. The first-order valence-corrected chi connectivity index (χ1v) is 13.5. The van der Waals surface area contributed by atoms with Gasteiger partial charge in [0, 0.05) is 34.5 Å². The van der Waals surface area contributed by atoms with Gasteiger partial charge < -0.3 is 24.8 Å². The number of methoxy groups -OCH3 is 3. The number of allylic oxidation sites excluding steroid dienone is 1. The van der Waals surface area contributed by atoms with E-state index in [2.05, 4.69) is 10.6 Å². The SMILES string of the molecule is COc1cc(OC)c(OC)cc1/C=C/C(=O)c1ccc(NC(=O)/C(=C/c2ccccc2[N+](=O)[O-])NC(=O)c2ccccc2)cc1. The quantitative estimate of drug-likeness (QED) is 0.0873. The van der Waals surface area contributed by atoms with Crippen molar-refractivity contribution in [2.24, 2.45) is 0 Å². The summed E-state index contributed by atoms with van der Waals surface area (Å²) < 4.78 is 16.0. The van der Waals surface area contributed by atoms with Crippen LogP contribution in [0.3, 0.4) is 0 Å². The van der Waals surface area contributed by atoms with Gasteiger partial charge in [0.15, 0.2) is 17.3 Å². The zero-order chi connectivity index (χ0) is 32.3. The maximum absolute atomic E-state index is 13.3. The number of nitrogens with zero attached hydrogens (tertiary/aromatic N) is 1. The molecule has 4 rings (SSSR count). The van der Waals surface area contributed by atoms with Crippen LogP contribution in [-0.2, 0) is 4.79 Å². The first kappa shape index (κ1) is 31.7. The molecule has 11 nitrogen and oxygen atoms in total. The van der Waals surface area contributed by atoms with E-state index in [0.717, 1.165) is 0 Å². The van der Waals surface area contributed by atoms with Gasteiger partial charge >= 0.3 is 0 Å². The zero-order valence-electron chi connectivity index (χ0n) is 24.6. The molecule has 2 amide bonds. The topological polar surface area (TPSA) is 146 Å². The van der Waals surface area contributed by atoms with Crippen molar-refractivity contribution in [2.75, 3.05) is 26.6 Å². The lowest BCUT2D eigenvalue weighted by Gasteiger charge is -2.12. The Morgan fingerprint density at radius 2 is 1.36 bits per heavy atom. The van der Waals surface area contributed by atoms with E-state index >= 15 is 0 Å². The molecule has 4 aromatic rings. The second kappa shape index (κ2) is 14.8. The Kier molecular flexibility index (Phi) is 10.4. The van der Waals surface area contributed by atoms with Crippen LogP contribution in [0.25, 0.3) is 12.2 Å². The van der Waals surface area contributed by atoms with E-state index in [4.69, 9.17) is 14.2 Å². The van der Waals surface area contributed by atoms with Crippen molar-refractivity contribution in [2.45, 2.75) is 0 Å². The van der Waals surface area contributed by atoms with Crippen molar-refractivity contribution in [3.8, 4) is 17.2 Å². The molecule has 4 aromatic carbocycles. The molecule has 228 valence electrons. The summed E-state index contributed by atoms with van der Waals surface area (Å²) in [7, 11) is 4.52. The van der Waals surface area contributed by atoms with Crippen LogP contribution in [0.5, 0.6) is 17.2 Å². The number of nitrogens with one attached hydrogen (secondary N) is 2. The maximum atomic E-state index is 13.3. The molecule has 0 heterocycles. The third kappa shape index (κ3) is 7.99. The number of hydrogen-bond acceptors (Lipinski definition) is 8. The molecule has 0 saturated heterocycles. The molecule has 0 unspecified atom stereocenters. The van der Waals surface area contributed by atoms with Gasteiger partial charge in [-0.3, -0.25) is 24.5 Å². The summed E-state index contributed by atoms with van der Waals surface area (Å²) in [4.78, 5) is 50.1. The Labute approximate surface area is 258 Å². The summed E-state index contributed by atoms with van der Waals surface area (Å²) in [5.74, 6) is -0.169. The van der Waals surface area contributed by atoms with E-state index in [1.807, 2.05) is 0 Å². The van der Waals surface area contributed by atoms with Gasteiger partial charge in [0.05, 0.1) is 31.8 Å². The average molecular weight is 608 g/mol. The van der Waals surface area contributed by atoms with Crippen molar-refractivity contribution in [3.05, 3.63) is 135 Å². The molecule has 0 aromatic heterocycles. The van der Waals surface area contributed by atoms with E-state index in [9.17, 15) is 24.5 Å². The minimum absolute atomic E-state index is 0.125. The van der Waals surface area contributed by atoms with Crippen molar-refractivity contribution in [1.82, 2.24) is 5.32 Å². The van der Waals surface area contributed by atoms with Crippen LogP contribution in [-0.4, -0.2) is 43.9 Å². The minimum Gasteiger partial charge on any atom is -0.496 e. The second-order valence-corrected chi connectivity index (χ2v) is 9.37. The largest absolute Gasteiger partial charge is 0.496 e. The molecule has 0 radical (unpaired) electrons. The summed E-state index contributed by atoms with van der Waals surface area (Å²) in [6.07, 6.45) is 4.21. The third-order valence-electron chi connectivity index (χ3n) is 6.54. The number of benzene rings is 4. The molecule has 0 aliphatic rings. The predicted molar refractivity (Wildman–Crippen MR) is 170 cm³/mol. The highest BCUT2D eigenvalue weighted by Gasteiger charge is 2.19. The summed E-state index contributed by atoms with van der Waals surface area (Å²) >= 11 is 0. The number of rotatable bonds is 12. The van der Waals surface area contributed by atoms with Crippen molar-refractivity contribution in [1.29, 1.82) is 0 Å². The van der Waals surface area contributed by atoms with E-state index in [-0.39, 0.29) is 22.7 Å². The Hall–Kier alpha value is -6.23. The molecule has 0 aliphatic carbocycles. The highest BCUT2D eigenvalue weighted by Crippen LogP contribution is 2.35. The smallest absolute Gasteiger partial charge is 0.276 e. The fourth-order valence-electron chi connectivity index (χ4n) is 4.23. The monoisotopic (exact) mass is 607 g/mol. The number of carbonyl (C=O) groups excluding carboxylic acids is 3. The number of ketones is 1. The Morgan fingerprint density at radius 3 is 2.00 bits per heavy atom. The van der Waals surface area contributed by atoms with Crippen LogP contribution < -0.4 is 24.8 Å². The zero-order valence-corrected chi connectivity index (χ0v) is 24.6. The highest BCUT2D eigenvalue weighted by atomic mass is 16.6. The van der Waals surface area contributed by atoms with Crippen molar-refractivity contribution in [3.63, 3.8) is 0 Å². The van der Waals surface area contributed by atoms with Crippen LogP contribution in [0.1, 0.15) is 31.8 Å². The molecular formula is C34H29N3O8. The second-order valence-electron chi connectivity index (χ2n) is 9.37. The number of para-hydroxylation sites is 1. The van der Waals surface area contributed by atoms with Crippen molar-refractivity contribution < 1.29 is 33.5 Å². The van der Waals surface area contributed by atoms with E-state index in [1.54, 1.807) is 54.6 Å². The van der Waals surface area contributed by atoms with Gasteiger partial charge in [-0.05, 0) is 66.8 Å². The van der Waals surface area contributed by atoms with Gasteiger partial charge in [-0.25, -0.2) is 0 Å². The van der Waals surface area contributed by atoms with Crippen LogP contribution in [0.4, 0.5) is 11.4 Å². The van der Waals surface area contributed by atoms with Gasteiger partial charge in [0.1, 0.15) is 11.4 Å². The van der Waals surface area contributed by atoms with Gasteiger partial charge in [0.2, 0.25) is 0 Å². The summed E-state index contributed by atoms with van der Waals surface area (Å²) in [5.41, 5.74) is 1.23. The first-order valence-electron chi connectivity index (χ1n) is 13.5. The molecule has 0 saturated carbocycles. The number of nitro benzene ring substituents is 1. The molecule has 0 spiro atoms. The van der Waals surface area contributed by atoms with Crippen LogP contribution in [0.15, 0.2) is 103 Å². The van der Waals surface area contributed by atoms with Gasteiger partial charge in [-0.1, -0.05) is 30.3 Å². The molecule has 0 bridgehead atoms. The number of hydrogen-bond donors (Lipinski definition) is 2. The van der Waals surface area contributed by atoms with Crippen LogP contribution in [0, 0.1) is 10.1 Å². The average Bonchev–Trinajstić information content (AvgIpc) is 3.07.